The highest BCUT2D eigenvalue weighted by atomic mass is 32.2. The molecule has 3 rings (SSSR count). The van der Waals surface area contributed by atoms with Gasteiger partial charge in [-0.2, -0.15) is 0 Å². The average Bonchev–Trinajstić information content (AvgIpc) is 2.66. The lowest BCUT2D eigenvalue weighted by Crippen LogP contribution is -2.18. The van der Waals surface area contributed by atoms with Gasteiger partial charge in [-0.25, -0.2) is 0 Å². The molecule has 0 radical (unpaired) electrons. The second-order valence-electron chi connectivity index (χ2n) is 5.12. The Morgan fingerprint density at radius 1 is 1.29 bits per heavy atom. The molecule has 0 spiro atoms. The monoisotopic (exact) mass is 298 g/mol. The van der Waals surface area contributed by atoms with Crippen molar-refractivity contribution in [1.82, 2.24) is 0 Å². The molecule has 0 saturated heterocycles. The number of hydrogen-bond donors (Lipinski definition) is 1. The van der Waals surface area contributed by atoms with E-state index in [0.29, 0.717) is 0 Å². The molecule has 1 aliphatic carbocycles. The number of carbonyl (C=O) groups is 2. The molecule has 1 aromatic rings. The minimum absolute atomic E-state index is 0.0756. The van der Waals surface area contributed by atoms with Crippen LogP contribution in [0.5, 0.6) is 0 Å². The van der Waals surface area contributed by atoms with Crippen molar-refractivity contribution in [3.8, 4) is 0 Å². The molecule has 0 bridgehead atoms. The number of allylic oxidation sites excluding steroid dienone is 4. The normalized spacial score (nSPS) is 21.1. The molecule has 0 amide bonds. The molecule has 1 N–H and O–H groups in total. The predicted octanol–water partition coefficient (Wildman–Crippen LogP) is 3.43. The van der Waals surface area contributed by atoms with Crippen LogP contribution in [0.2, 0.25) is 0 Å². The SMILES string of the molecule is CC(C(=O)O)c1ccc2c(c1)SC1C(=O)C=CC=C1C=C2. The lowest BCUT2D eigenvalue weighted by Gasteiger charge is -2.17. The second-order valence-corrected chi connectivity index (χ2v) is 6.26. The van der Waals surface area contributed by atoms with E-state index in [1.165, 1.54) is 11.8 Å². The first kappa shape index (κ1) is 13.9. The van der Waals surface area contributed by atoms with Crippen molar-refractivity contribution >= 4 is 29.6 Å². The average molecular weight is 298 g/mol. The third kappa shape index (κ3) is 2.59. The van der Waals surface area contributed by atoms with Gasteiger partial charge in [0.05, 0.1) is 11.2 Å². The van der Waals surface area contributed by atoms with E-state index >= 15 is 0 Å². The standard InChI is InChI=1S/C17H14O3S/c1-10(17(19)20)13-8-6-11-5-7-12-3-2-4-14(18)16(12)21-15(11)9-13/h2-10,16H,1H3,(H,19,20). The van der Waals surface area contributed by atoms with Gasteiger partial charge in [-0.3, -0.25) is 9.59 Å². The van der Waals surface area contributed by atoms with Gasteiger partial charge in [0.25, 0.3) is 0 Å². The summed E-state index contributed by atoms with van der Waals surface area (Å²) in [5.74, 6) is -1.33. The summed E-state index contributed by atoms with van der Waals surface area (Å²) in [4.78, 5) is 24.1. The molecular weight excluding hydrogens is 284 g/mol. The van der Waals surface area contributed by atoms with Gasteiger partial charge < -0.3 is 5.11 Å². The number of fused-ring (bicyclic) bond motifs is 2. The Morgan fingerprint density at radius 2 is 2.10 bits per heavy atom. The van der Waals surface area contributed by atoms with Crippen molar-refractivity contribution in [2.45, 2.75) is 23.0 Å². The fraction of sp³-hybridized carbons (Fsp3) is 0.176. The van der Waals surface area contributed by atoms with Gasteiger partial charge in [0.1, 0.15) is 0 Å². The minimum Gasteiger partial charge on any atom is -0.481 e. The summed E-state index contributed by atoms with van der Waals surface area (Å²) in [6, 6.07) is 5.65. The number of benzene rings is 1. The summed E-state index contributed by atoms with van der Waals surface area (Å²) < 4.78 is 0. The summed E-state index contributed by atoms with van der Waals surface area (Å²) in [5, 5.41) is 8.90. The summed E-state index contributed by atoms with van der Waals surface area (Å²) in [6.45, 7) is 1.67. The molecule has 21 heavy (non-hydrogen) atoms. The topological polar surface area (TPSA) is 54.4 Å². The van der Waals surface area contributed by atoms with Crippen LogP contribution < -0.4 is 0 Å². The third-order valence-electron chi connectivity index (χ3n) is 3.72. The van der Waals surface area contributed by atoms with E-state index in [4.69, 9.17) is 5.11 Å². The lowest BCUT2D eigenvalue weighted by atomic mass is 9.99. The van der Waals surface area contributed by atoms with Gasteiger partial charge in [-0.15, -0.1) is 11.8 Å². The first-order chi connectivity index (χ1) is 10.1. The first-order valence-electron chi connectivity index (χ1n) is 6.70. The van der Waals surface area contributed by atoms with Crippen LogP contribution in [0.15, 0.2) is 53.0 Å². The van der Waals surface area contributed by atoms with E-state index in [1.54, 1.807) is 19.1 Å². The van der Waals surface area contributed by atoms with E-state index < -0.39 is 11.9 Å². The van der Waals surface area contributed by atoms with E-state index in [2.05, 4.69) is 0 Å². The van der Waals surface area contributed by atoms with Crippen molar-refractivity contribution in [3.05, 3.63) is 59.2 Å². The van der Waals surface area contributed by atoms with Gasteiger partial charge >= 0.3 is 5.97 Å². The molecule has 106 valence electrons. The zero-order chi connectivity index (χ0) is 15.0. The Labute approximate surface area is 127 Å². The highest BCUT2D eigenvalue weighted by molar-refractivity contribution is 8.01. The number of carboxylic acids is 1. The smallest absolute Gasteiger partial charge is 0.310 e. The largest absolute Gasteiger partial charge is 0.481 e. The number of ketones is 1. The first-order valence-corrected chi connectivity index (χ1v) is 7.58. The van der Waals surface area contributed by atoms with Crippen molar-refractivity contribution in [1.29, 1.82) is 0 Å². The van der Waals surface area contributed by atoms with Gasteiger partial charge in [-0.05, 0) is 35.8 Å². The van der Waals surface area contributed by atoms with Crippen LogP contribution in [-0.2, 0) is 9.59 Å². The molecule has 1 aliphatic heterocycles. The maximum absolute atomic E-state index is 12.0. The number of carbonyl (C=O) groups excluding carboxylic acids is 1. The maximum atomic E-state index is 12.0. The fourth-order valence-corrected chi connectivity index (χ4v) is 3.60. The molecule has 1 aromatic carbocycles. The number of rotatable bonds is 2. The Bertz CT molecular complexity index is 713. The number of hydrogen-bond acceptors (Lipinski definition) is 3. The lowest BCUT2D eigenvalue weighted by molar-refractivity contribution is -0.138. The number of thioether (sulfide) groups is 1. The number of aliphatic carboxylic acids is 1. The summed E-state index contributed by atoms with van der Waals surface area (Å²) in [5.41, 5.74) is 2.76. The minimum atomic E-state index is -0.846. The zero-order valence-electron chi connectivity index (χ0n) is 11.4. The molecule has 2 unspecified atom stereocenters. The quantitative estimate of drug-likeness (QED) is 0.909. The summed E-state index contributed by atoms with van der Waals surface area (Å²) in [7, 11) is 0. The Balaban J connectivity index is 2.01. The van der Waals surface area contributed by atoms with Crippen LogP contribution >= 0.6 is 11.8 Å². The Hall–Kier alpha value is -2.07. The van der Waals surface area contributed by atoms with Crippen LogP contribution in [0, 0.1) is 0 Å². The Kier molecular flexibility index (Phi) is 3.55. The fourth-order valence-electron chi connectivity index (χ4n) is 2.38. The van der Waals surface area contributed by atoms with Crippen LogP contribution in [0.1, 0.15) is 24.0 Å². The summed E-state index contributed by atoms with van der Waals surface area (Å²) >= 11 is 1.49. The van der Waals surface area contributed by atoms with Crippen molar-refractivity contribution in [3.63, 3.8) is 0 Å². The van der Waals surface area contributed by atoms with E-state index in [9.17, 15) is 9.59 Å². The van der Waals surface area contributed by atoms with Gasteiger partial charge in [0.2, 0.25) is 0 Å². The molecule has 4 heteroatoms. The van der Waals surface area contributed by atoms with Crippen molar-refractivity contribution in [2.75, 3.05) is 0 Å². The Morgan fingerprint density at radius 3 is 2.86 bits per heavy atom. The highest BCUT2D eigenvalue weighted by Gasteiger charge is 2.26. The van der Waals surface area contributed by atoms with Crippen LogP contribution in [-0.4, -0.2) is 22.1 Å². The number of carboxylic acid groups (broad SMARTS) is 1. The molecular formula is C17H14O3S. The maximum Gasteiger partial charge on any atom is 0.310 e. The van der Waals surface area contributed by atoms with Crippen LogP contribution in [0.25, 0.3) is 6.08 Å². The van der Waals surface area contributed by atoms with Crippen molar-refractivity contribution in [2.24, 2.45) is 0 Å². The zero-order valence-corrected chi connectivity index (χ0v) is 12.3. The van der Waals surface area contributed by atoms with Gasteiger partial charge in [-0.1, -0.05) is 36.4 Å². The molecule has 1 heterocycles. The summed E-state index contributed by atoms with van der Waals surface area (Å²) in [6.07, 6.45) is 9.25. The van der Waals surface area contributed by atoms with Crippen LogP contribution in [0.3, 0.4) is 0 Å². The van der Waals surface area contributed by atoms with Crippen molar-refractivity contribution < 1.29 is 14.7 Å². The van der Waals surface area contributed by atoms with E-state index in [0.717, 1.165) is 21.6 Å². The van der Waals surface area contributed by atoms with Gasteiger partial charge in [0, 0.05) is 4.90 Å². The molecule has 2 aliphatic rings. The van der Waals surface area contributed by atoms with E-state index in [-0.39, 0.29) is 11.0 Å². The van der Waals surface area contributed by atoms with E-state index in [1.807, 2.05) is 36.4 Å². The predicted molar refractivity (Wildman–Crippen MR) is 83.4 cm³/mol. The van der Waals surface area contributed by atoms with Crippen LogP contribution in [0.4, 0.5) is 0 Å². The molecule has 2 atom stereocenters. The van der Waals surface area contributed by atoms with Gasteiger partial charge in [0.15, 0.2) is 5.78 Å². The molecule has 0 aromatic heterocycles. The highest BCUT2D eigenvalue weighted by Crippen LogP contribution is 2.38. The second kappa shape index (κ2) is 5.37. The molecule has 3 nitrogen and oxygen atoms in total. The third-order valence-corrected chi connectivity index (χ3v) is 5.07. The molecule has 0 fully saturated rings. The molecule has 0 saturated carbocycles.